The fourth-order valence-electron chi connectivity index (χ4n) is 2.38. The fraction of sp³-hybridized carbons (Fsp3) is 0.538. The Morgan fingerprint density at radius 2 is 2.11 bits per heavy atom. The Hall–Kier alpha value is -1.04. The van der Waals surface area contributed by atoms with Crippen molar-refractivity contribution in [2.45, 2.75) is 37.8 Å². The second kappa shape index (κ2) is 6.22. The highest BCUT2D eigenvalue weighted by Gasteiger charge is 2.22. The molecule has 0 amide bonds. The topological polar surface area (TPSA) is 47.3 Å². The molecule has 2 rings (SSSR count). The van der Waals surface area contributed by atoms with Crippen molar-refractivity contribution in [3.05, 3.63) is 35.4 Å². The number of hydrazine groups is 1. The van der Waals surface area contributed by atoms with Crippen LogP contribution in [0.3, 0.4) is 0 Å². The van der Waals surface area contributed by atoms with Crippen LogP contribution in [0.5, 0.6) is 0 Å². The van der Waals surface area contributed by atoms with Crippen LogP contribution in [-0.4, -0.2) is 12.7 Å². The van der Waals surface area contributed by atoms with Gasteiger partial charge in [0.2, 0.25) is 0 Å². The Kier molecular flexibility index (Phi) is 4.63. The molecule has 1 aromatic carbocycles. The number of hydrogen-bond acceptors (Lipinski definition) is 3. The Morgan fingerprint density at radius 3 is 2.67 bits per heavy atom. The molecule has 1 fully saturated rings. The van der Waals surface area contributed by atoms with Gasteiger partial charge in [-0.3, -0.25) is 11.3 Å². The van der Waals surface area contributed by atoms with Gasteiger partial charge >= 0.3 is 0 Å². The summed E-state index contributed by atoms with van der Waals surface area (Å²) in [4.78, 5) is 0. The van der Waals surface area contributed by atoms with E-state index in [4.69, 9.17) is 10.6 Å². The van der Waals surface area contributed by atoms with Crippen molar-refractivity contribution in [2.24, 2.45) is 5.84 Å². The molecule has 2 unspecified atom stereocenters. The lowest BCUT2D eigenvalue weighted by atomic mass is 9.99. The molecule has 0 radical (unpaired) electrons. The summed E-state index contributed by atoms with van der Waals surface area (Å²) in [5.74, 6) is 4.27. The average molecular weight is 256 g/mol. The number of hydrogen-bond donors (Lipinski definition) is 2. The molecule has 1 saturated heterocycles. The first kappa shape index (κ1) is 13.4. The summed E-state index contributed by atoms with van der Waals surface area (Å²) in [6.45, 7) is 0.777. The number of nitrogens with one attached hydrogen (secondary N) is 1. The van der Waals surface area contributed by atoms with Crippen LogP contribution in [0.15, 0.2) is 18.2 Å². The van der Waals surface area contributed by atoms with Crippen LogP contribution < -0.4 is 11.3 Å². The van der Waals surface area contributed by atoms with Gasteiger partial charge in [-0.05, 0) is 37.8 Å². The molecule has 0 aromatic heterocycles. The Bertz CT molecular complexity index is 374. The molecule has 0 aliphatic carbocycles. The minimum Gasteiger partial charge on any atom is -0.378 e. The van der Waals surface area contributed by atoms with Crippen molar-refractivity contribution < 1.29 is 13.5 Å². The van der Waals surface area contributed by atoms with Crippen LogP contribution in [0.2, 0.25) is 0 Å². The summed E-state index contributed by atoms with van der Waals surface area (Å²) in [7, 11) is 0. The van der Waals surface area contributed by atoms with E-state index in [1.807, 2.05) is 0 Å². The van der Waals surface area contributed by atoms with E-state index in [0.29, 0.717) is 6.42 Å². The third-order valence-electron chi connectivity index (χ3n) is 3.35. The van der Waals surface area contributed by atoms with Gasteiger partial charge in [-0.15, -0.1) is 0 Å². The van der Waals surface area contributed by atoms with Gasteiger partial charge in [-0.2, -0.15) is 0 Å². The van der Waals surface area contributed by atoms with E-state index in [1.54, 1.807) is 0 Å². The Balaban J connectivity index is 2.03. The smallest absolute Gasteiger partial charge is 0.130 e. The molecule has 18 heavy (non-hydrogen) atoms. The number of nitrogens with two attached hydrogens (primary N) is 1. The summed E-state index contributed by atoms with van der Waals surface area (Å²) >= 11 is 0. The molecule has 1 aliphatic rings. The third kappa shape index (κ3) is 3.04. The zero-order valence-corrected chi connectivity index (χ0v) is 10.2. The van der Waals surface area contributed by atoms with E-state index in [0.717, 1.165) is 25.9 Å². The summed E-state index contributed by atoms with van der Waals surface area (Å²) < 4.78 is 32.7. The van der Waals surface area contributed by atoms with Crippen LogP contribution in [-0.2, 0) is 4.74 Å². The second-order valence-corrected chi connectivity index (χ2v) is 4.57. The van der Waals surface area contributed by atoms with Crippen LogP contribution in [0.25, 0.3) is 0 Å². The maximum absolute atomic E-state index is 13.6. The van der Waals surface area contributed by atoms with Crippen molar-refractivity contribution >= 4 is 0 Å². The highest BCUT2D eigenvalue weighted by Crippen LogP contribution is 2.26. The molecular formula is C13H18F2N2O. The first-order valence-corrected chi connectivity index (χ1v) is 6.24. The predicted octanol–water partition coefficient (Wildman–Crippen LogP) is 2.43. The van der Waals surface area contributed by atoms with Crippen LogP contribution >= 0.6 is 0 Å². The molecule has 0 bridgehead atoms. The number of rotatable bonds is 5. The van der Waals surface area contributed by atoms with E-state index in [9.17, 15) is 8.78 Å². The highest BCUT2D eigenvalue weighted by molar-refractivity contribution is 5.23. The van der Waals surface area contributed by atoms with Gasteiger partial charge in [-0.1, -0.05) is 6.07 Å². The van der Waals surface area contributed by atoms with E-state index in [2.05, 4.69) is 5.43 Å². The molecule has 1 aromatic rings. The van der Waals surface area contributed by atoms with Crippen LogP contribution in [0.1, 0.15) is 37.3 Å². The van der Waals surface area contributed by atoms with Gasteiger partial charge in [0.1, 0.15) is 11.6 Å². The summed E-state index contributed by atoms with van der Waals surface area (Å²) in [5, 5.41) is 0. The zero-order valence-electron chi connectivity index (χ0n) is 10.2. The van der Waals surface area contributed by atoms with Crippen molar-refractivity contribution in [1.29, 1.82) is 0 Å². The molecule has 0 saturated carbocycles. The number of halogens is 2. The van der Waals surface area contributed by atoms with E-state index >= 15 is 0 Å². The number of benzene rings is 1. The molecule has 2 atom stereocenters. The molecule has 1 aliphatic heterocycles. The lowest BCUT2D eigenvalue weighted by molar-refractivity contribution is 0.0993. The zero-order chi connectivity index (χ0) is 13.0. The van der Waals surface area contributed by atoms with Gasteiger partial charge < -0.3 is 4.74 Å². The quantitative estimate of drug-likeness (QED) is 0.628. The third-order valence-corrected chi connectivity index (χ3v) is 3.35. The molecule has 3 N–H and O–H groups in total. The molecule has 0 spiro atoms. The number of ether oxygens (including phenoxy) is 1. The molecule has 5 heteroatoms. The minimum absolute atomic E-state index is 0.0120. The molecule has 100 valence electrons. The lowest BCUT2D eigenvalue weighted by Crippen LogP contribution is -2.30. The van der Waals surface area contributed by atoms with Gasteiger partial charge in [0, 0.05) is 12.2 Å². The molecule has 3 nitrogen and oxygen atoms in total. The van der Waals surface area contributed by atoms with Crippen molar-refractivity contribution in [2.75, 3.05) is 6.61 Å². The molecule has 1 heterocycles. The van der Waals surface area contributed by atoms with Gasteiger partial charge in [-0.25, -0.2) is 8.78 Å². The predicted molar refractivity (Wildman–Crippen MR) is 64.6 cm³/mol. The van der Waals surface area contributed by atoms with Crippen LogP contribution in [0, 0.1) is 11.6 Å². The first-order chi connectivity index (χ1) is 8.72. The lowest BCUT2D eigenvalue weighted by Gasteiger charge is -2.19. The standard InChI is InChI=1S/C13H18F2N2O/c14-10-4-1-5-11(15)13(10)12(17-16)7-6-9-3-2-8-18-9/h1,4-5,9,12,17H,2-3,6-8,16H2. The first-order valence-electron chi connectivity index (χ1n) is 6.24. The van der Waals surface area contributed by atoms with Gasteiger partial charge in [0.25, 0.3) is 0 Å². The maximum atomic E-state index is 13.6. The van der Waals surface area contributed by atoms with Crippen molar-refractivity contribution in [1.82, 2.24) is 5.43 Å². The van der Waals surface area contributed by atoms with E-state index < -0.39 is 17.7 Å². The second-order valence-electron chi connectivity index (χ2n) is 4.57. The average Bonchev–Trinajstić information content (AvgIpc) is 2.86. The van der Waals surface area contributed by atoms with E-state index in [1.165, 1.54) is 18.2 Å². The molecular weight excluding hydrogens is 238 g/mol. The summed E-state index contributed by atoms with van der Waals surface area (Å²) in [6.07, 6.45) is 3.56. The summed E-state index contributed by atoms with van der Waals surface area (Å²) in [5.41, 5.74) is 2.50. The maximum Gasteiger partial charge on any atom is 0.130 e. The van der Waals surface area contributed by atoms with Gasteiger partial charge in [0.15, 0.2) is 0 Å². The van der Waals surface area contributed by atoms with Crippen molar-refractivity contribution in [3.8, 4) is 0 Å². The SMILES string of the molecule is NNC(CCC1CCCO1)c1c(F)cccc1F. The Labute approximate surface area is 105 Å². The van der Waals surface area contributed by atoms with E-state index in [-0.39, 0.29) is 11.7 Å². The van der Waals surface area contributed by atoms with Crippen LogP contribution in [0.4, 0.5) is 8.78 Å². The summed E-state index contributed by atoms with van der Waals surface area (Å²) in [6, 6.07) is 3.32. The monoisotopic (exact) mass is 256 g/mol. The fourth-order valence-corrected chi connectivity index (χ4v) is 2.38. The minimum atomic E-state index is -0.565. The Morgan fingerprint density at radius 1 is 1.39 bits per heavy atom. The largest absolute Gasteiger partial charge is 0.378 e. The van der Waals surface area contributed by atoms with Gasteiger partial charge in [0.05, 0.1) is 12.1 Å². The normalized spacial score (nSPS) is 21.2. The van der Waals surface area contributed by atoms with Crippen molar-refractivity contribution in [3.63, 3.8) is 0 Å². The highest BCUT2D eigenvalue weighted by atomic mass is 19.1.